The maximum Gasteiger partial charge on any atom is 0.316 e. The Morgan fingerprint density at radius 2 is 1.62 bits per heavy atom. The van der Waals surface area contributed by atoms with Crippen molar-refractivity contribution in [2.45, 2.75) is 44.9 Å². The lowest BCUT2D eigenvalue weighted by molar-refractivity contribution is -0.151. The van der Waals surface area contributed by atoms with Gasteiger partial charge in [0, 0.05) is 36.9 Å². The fourth-order valence-corrected chi connectivity index (χ4v) is 5.46. The Morgan fingerprint density at radius 1 is 0.892 bits per heavy atom. The van der Waals surface area contributed by atoms with Gasteiger partial charge in [-0.25, -0.2) is 0 Å². The van der Waals surface area contributed by atoms with Crippen LogP contribution in [0, 0.1) is 0 Å². The van der Waals surface area contributed by atoms with Crippen LogP contribution >= 0.6 is 11.6 Å². The molecule has 0 bridgehead atoms. The second-order valence-electron chi connectivity index (χ2n) is 9.93. The first-order valence-corrected chi connectivity index (χ1v) is 14.0. The van der Waals surface area contributed by atoms with Crippen LogP contribution in [0.4, 0.5) is 5.69 Å². The number of ether oxygens (including phenoxy) is 1. The Morgan fingerprint density at radius 3 is 2.30 bits per heavy atom. The van der Waals surface area contributed by atoms with Gasteiger partial charge in [-0.05, 0) is 73.2 Å². The molecule has 1 heterocycles. The number of halogens is 1. The number of nitrogens with zero attached hydrogens (tertiary/aromatic N) is 2. The third-order valence-electron chi connectivity index (χ3n) is 7.60. The number of rotatable bonds is 11. The van der Waals surface area contributed by atoms with Gasteiger partial charge in [0.2, 0.25) is 0 Å². The van der Waals surface area contributed by atoms with Crippen LogP contribution in [0.25, 0.3) is 11.1 Å². The topological polar surface area (TPSA) is 32.8 Å². The molecule has 0 aromatic heterocycles. The van der Waals surface area contributed by atoms with E-state index < -0.39 is 5.41 Å². The molecule has 0 spiro atoms. The van der Waals surface area contributed by atoms with Gasteiger partial charge in [-0.2, -0.15) is 0 Å². The third-order valence-corrected chi connectivity index (χ3v) is 7.85. The number of carbonyl (C=O) groups is 1. The van der Waals surface area contributed by atoms with Crippen molar-refractivity contribution in [1.29, 1.82) is 0 Å². The van der Waals surface area contributed by atoms with Crippen molar-refractivity contribution < 1.29 is 9.53 Å². The van der Waals surface area contributed by atoms with Gasteiger partial charge in [-0.1, -0.05) is 80.0 Å². The summed E-state index contributed by atoms with van der Waals surface area (Å²) in [6.45, 7) is 9.67. The van der Waals surface area contributed by atoms with E-state index in [1.165, 1.54) is 16.8 Å². The number of piperazine rings is 1. The summed E-state index contributed by atoms with van der Waals surface area (Å²) in [5, 5.41) is 0.758. The van der Waals surface area contributed by atoms with Crippen molar-refractivity contribution in [1.82, 2.24) is 4.90 Å². The first kappa shape index (κ1) is 27.2. The molecule has 37 heavy (non-hydrogen) atoms. The van der Waals surface area contributed by atoms with E-state index in [0.717, 1.165) is 69.0 Å². The maximum absolute atomic E-state index is 13.2. The largest absolute Gasteiger partial charge is 0.465 e. The second kappa shape index (κ2) is 13.1. The minimum Gasteiger partial charge on any atom is -0.465 e. The van der Waals surface area contributed by atoms with Crippen LogP contribution in [0.1, 0.15) is 45.1 Å². The molecule has 0 N–H and O–H groups in total. The van der Waals surface area contributed by atoms with Crippen LogP contribution in [-0.4, -0.2) is 50.2 Å². The number of anilines is 1. The molecule has 1 unspecified atom stereocenters. The molecule has 1 aliphatic heterocycles. The zero-order valence-electron chi connectivity index (χ0n) is 22.2. The van der Waals surface area contributed by atoms with Gasteiger partial charge >= 0.3 is 5.97 Å². The second-order valence-corrected chi connectivity index (χ2v) is 10.4. The molecule has 4 rings (SSSR count). The molecule has 1 saturated heterocycles. The number of carbonyl (C=O) groups excluding carboxylic acids is 1. The summed E-state index contributed by atoms with van der Waals surface area (Å²) in [6.07, 6.45) is 3.36. The lowest BCUT2D eigenvalue weighted by Crippen LogP contribution is -2.47. The summed E-state index contributed by atoms with van der Waals surface area (Å²) >= 11 is 6.07. The van der Waals surface area contributed by atoms with E-state index >= 15 is 0 Å². The van der Waals surface area contributed by atoms with E-state index in [-0.39, 0.29) is 5.97 Å². The van der Waals surface area contributed by atoms with Crippen molar-refractivity contribution >= 4 is 23.3 Å². The Kier molecular flexibility index (Phi) is 9.65. The fraction of sp³-hybridized carbons (Fsp3) is 0.406. The summed E-state index contributed by atoms with van der Waals surface area (Å²) in [4.78, 5) is 18.2. The van der Waals surface area contributed by atoms with Crippen molar-refractivity contribution in [2.24, 2.45) is 0 Å². The molecule has 5 heteroatoms. The number of benzene rings is 3. The van der Waals surface area contributed by atoms with Gasteiger partial charge in [0.1, 0.15) is 0 Å². The van der Waals surface area contributed by atoms with Crippen LogP contribution in [0.2, 0.25) is 5.02 Å². The summed E-state index contributed by atoms with van der Waals surface area (Å²) in [5.74, 6) is -0.0755. The lowest BCUT2D eigenvalue weighted by atomic mass is 9.74. The molecular weight excluding hydrogens is 480 g/mol. The summed E-state index contributed by atoms with van der Waals surface area (Å²) in [6, 6.07) is 27.0. The van der Waals surface area contributed by atoms with E-state index in [2.05, 4.69) is 65.3 Å². The molecule has 1 fully saturated rings. The van der Waals surface area contributed by atoms with Gasteiger partial charge in [0.05, 0.1) is 12.0 Å². The van der Waals surface area contributed by atoms with Crippen LogP contribution in [-0.2, 0) is 14.9 Å². The van der Waals surface area contributed by atoms with Crippen molar-refractivity contribution in [3.05, 3.63) is 89.4 Å². The van der Waals surface area contributed by atoms with E-state index in [0.29, 0.717) is 6.61 Å². The first-order chi connectivity index (χ1) is 18.1. The van der Waals surface area contributed by atoms with Gasteiger partial charge < -0.3 is 9.64 Å². The minimum absolute atomic E-state index is 0.0755. The van der Waals surface area contributed by atoms with Gasteiger partial charge in [-0.3, -0.25) is 9.69 Å². The molecule has 0 radical (unpaired) electrons. The van der Waals surface area contributed by atoms with Gasteiger partial charge in [0.15, 0.2) is 0 Å². The lowest BCUT2D eigenvalue weighted by Gasteiger charge is -2.37. The maximum atomic E-state index is 13.2. The van der Waals surface area contributed by atoms with E-state index in [1.54, 1.807) is 0 Å². The van der Waals surface area contributed by atoms with E-state index in [4.69, 9.17) is 16.3 Å². The standard InChI is InChI=1S/C32H39ClN2O2/c1-3-24-37-31(36)32(4-2,28-11-6-5-7-12-28)18-9-19-34-20-22-35(23-21-34)30-13-8-10-27(25-30)26-14-16-29(33)17-15-26/h5-8,10-17,25H,3-4,9,18-24H2,1-2H3. The van der Waals surface area contributed by atoms with Crippen LogP contribution in [0.3, 0.4) is 0 Å². The molecule has 1 atom stereocenters. The molecule has 0 aliphatic carbocycles. The van der Waals surface area contributed by atoms with Crippen molar-refractivity contribution in [3.8, 4) is 11.1 Å². The number of hydrogen-bond acceptors (Lipinski definition) is 4. The van der Waals surface area contributed by atoms with Crippen LogP contribution in [0.5, 0.6) is 0 Å². The highest BCUT2D eigenvalue weighted by atomic mass is 35.5. The highest BCUT2D eigenvalue weighted by molar-refractivity contribution is 6.30. The Hall–Kier alpha value is -2.82. The quantitative estimate of drug-likeness (QED) is 0.251. The van der Waals surface area contributed by atoms with E-state index in [1.807, 2.05) is 37.3 Å². The predicted molar refractivity (Wildman–Crippen MR) is 154 cm³/mol. The van der Waals surface area contributed by atoms with E-state index in [9.17, 15) is 4.79 Å². The normalized spacial score (nSPS) is 15.8. The monoisotopic (exact) mass is 518 g/mol. The summed E-state index contributed by atoms with van der Waals surface area (Å²) < 4.78 is 5.69. The summed E-state index contributed by atoms with van der Waals surface area (Å²) in [5.41, 5.74) is 4.16. The average molecular weight is 519 g/mol. The van der Waals surface area contributed by atoms with Crippen LogP contribution in [0.15, 0.2) is 78.9 Å². The molecule has 3 aromatic carbocycles. The Balaban J connectivity index is 1.34. The number of hydrogen-bond donors (Lipinski definition) is 0. The molecule has 0 saturated carbocycles. The number of esters is 1. The highest BCUT2D eigenvalue weighted by Crippen LogP contribution is 2.35. The molecule has 196 valence electrons. The first-order valence-electron chi connectivity index (χ1n) is 13.6. The average Bonchev–Trinajstić information content (AvgIpc) is 2.95. The highest BCUT2D eigenvalue weighted by Gasteiger charge is 2.39. The van der Waals surface area contributed by atoms with Gasteiger partial charge in [-0.15, -0.1) is 0 Å². The predicted octanol–water partition coefficient (Wildman–Crippen LogP) is 7.21. The molecule has 3 aromatic rings. The zero-order chi connectivity index (χ0) is 26.1. The molecular formula is C32H39ClN2O2. The van der Waals surface area contributed by atoms with Crippen molar-refractivity contribution in [2.75, 3.05) is 44.2 Å². The SMILES string of the molecule is CCCOC(=O)C(CC)(CCCN1CCN(c2cccc(-c3ccc(Cl)cc3)c2)CC1)c1ccccc1. The Bertz CT molecular complexity index is 1130. The molecule has 4 nitrogen and oxygen atoms in total. The smallest absolute Gasteiger partial charge is 0.316 e. The third kappa shape index (κ3) is 6.74. The fourth-order valence-electron chi connectivity index (χ4n) is 5.34. The van der Waals surface area contributed by atoms with Crippen molar-refractivity contribution in [3.63, 3.8) is 0 Å². The molecule has 1 aliphatic rings. The minimum atomic E-state index is -0.569. The molecule has 0 amide bonds. The summed E-state index contributed by atoms with van der Waals surface area (Å²) in [7, 11) is 0. The zero-order valence-corrected chi connectivity index (χ0v) is 22.9. The van der Waals surface area contributed by atoms with Crippen LogP contribution < -0.4 is 4.90 Å². The Labute approximate surface area is 227 Å². The van der Waals surface area contributed by atoms with Gasteiger partial charge in [0.25, 0.3) is 0 Å².